The Bertz CT molecular complexity index is 782. The van der Waals surface area contributed by atoms with Crippen LogP contribution < -0.4 is 4.80 Å². The summed E-state index contributed by atoms with van der Waals surface area (Å²) in [4.78, 5) is 11.0. The first kappa shape index (κ1) is 14.4. The van der Waals surface area contributed by atoms with Crippen molar-refractivity contribution in [3.05, 3.63) is 92.6 Å². The highest BCUT2D eigenvalue weighted by atomic mass is 32.1. The van der Waals surface area contributed by atoms with Gasteiger partial charge < -0.3 is 4.57 Å². The molecule has 0 saturated carbocycles. The first-order chi connectivity index (χ1) is 10.8. The van der Waals surface area contributed by atoms with E-state index in [1.807, 2.05) is 53.4 Å². The summed E-state index contributed by atoms with van der Waals surface area (Å²) < 4.78 is 1.93. The molecule has 0 bridgehead atoms. The Morgan fingerprint density at radius 2 is 1.50 bits per heavy atom. The highest BCUT2D eigenvalue weighted by Gasteiger charge is 2.19. The van der Waals surface area contributed by atoms with Crippen LogP contribution in [0.25, 0.3) is 0 Å². The van der Waals surface area contributed by atoms with Crippen molar-refractivity contribution in [2.24, 2.45) is 17.4 Å². The quantitative estimate of drug-likeness (QED) is 0.533. The minimum atomic E-state index is 0.0965. The van der Waals surface area contributed by atoms with E-state index in [4.69, 9.17) is 0 Å². The number of benzene rings is 2. The maximum atomic E-state index is 10.4. The first-order valence-corrected chi connectivity index (χ1v) is 7.80. The van der Waals surface area contributed by atoms with Gasteiger partial charge in [0.25, 0.3) is 0 Å². The maximum absolute atomic E-state index is 10.4. The van der Waals surface area contributed by atoms with Gasteiger partial charge in [0.15, 0.2) is 0 Å². The summed E-state index contributed by atoms with van der Waals surface area (Å²) in [5.41, 5.74) is 3.49. The van der Waals surface area contributed by atoms with Crippen molar-refractivity contribution in [2.45, 2.75) is 5.92 Å². The van der Waals surface area contributed by atoms with Gasteiger partial charge in [0, 0.05) is 18.1 Å². The Labute approximate surface area is 132 Å². The largest absolute Gasteiger partial charge is 0.321 e. The van der Waals surface area contributed by atoms with Gasteiger partial charge in [-0.15, -0.1) is 16.2 Å². The average Bonchev–Trinajstić information content (AvgIpc) is 2.92. The average molecular weight is 309 g/mol. The van der Waals surface area contributed by atoms with E-state index in [1.165, 1.54) is 22.5 Å². The topological polar surface area (TPSA) is 46.7 Å². The van der Waals surface area contributed by atoms with Crippen molar-refractivity contribution < 1.29 is 0 Å². The second-order valence-electron chi connectivity index (χ2n) is 4.94. The molecule has 3 aromatic rings. The fraction of sp³-hybridized carbons (Fsp3) is 0.118. The summed E-state index contributed by atoms with van der Waals surface area (Å²) in [6.07, 6.45) is 0. The van der Waals surface area contributed by atoms with E-state index in [1.54, 1.807) is 0 Å². The molecule has 110 valence electrons. The molecule has 0 amide bonds. The molecular formula is C17H15N3OS. The molecule has 0 aliphatic heterocycles. The zero-order chi connectivity index (χ0) is 15.4. The zero-order valence-electron chi connectivity index (χ0n) is 12.1. The molecule has 0 unspecified atom stereocenters. The van der Waals surface area contributed by atoms with Crippen LogP contribution in [-0.2, 0) is 7.05 Å². The Kier molecular flexibility index (Phi) is 4.25. The zero-order valence-corrected chi connectivity index (χ0v) is 12.9. The lowest BCUT2D eigenvalue weighted by atomic mass is 9.89. The molecule has 0 atom stereocenters. The van der Waals surface area contributed by atoms with E-state index in [-0.39, 0.29) is 5.92 Å². The molecule has 0 N–H and O–H groups in total. The lowest BCUT2D eigenvalue weighted by Gasteiger charge is -2.18. The second-order valence-corrected chi connectivity index (χ2v) is 5.77. The van der Waals surface area contributed by atoms with Crippen LogP contribution in [0.15, 0.2) is 76.4 Å². The molecule has 0 aliphatic rings. The van der Waals surface area contributed by atoms with Gasteiger partial charge >= 0.3 is 0 Å². The van der Waals surface area contributed by atoms with Crippen molar-refractivity contribution in [3.63, 3.8) is 0 Å². The summed E-state index contributed by atoms with van der Waals surface area (Å²) in [5.74, 6) is 0.0965. The van der Waals surface area contributed by atoms with Gasteiger partial charge in [-0.25, -0.2) is 0 Å². The van der Waals surface area contributed by atoms with Crippen molar-refractivity contribution in [2.75, 3.05) is 0 Å². The Hall–Kier alpha value is -2.53. The highest BCUT2D eigenvalue weighted by molar-refractivity contribution is 7.07. The van der Waals surface area contributed by atoms with Gasteiger partial charge in [-0.05, 0) is 11.1 Å². The molecule has 0 saturated heterocycles. The number of rotatable bonds is 4. The molecule has 0 radical (unpaired) electrons. The van der Waals surface area contributed by atoms with Crippen LogP contribution in [0, 0.1) is 4.91 Å². The van der Waals surface area contributed by atoms with Crippen molar-refractivity contribution in [3.8, 4) is 0 Å². The normalized spacial score (nSPS) is 11.8. The number of nitroso groups, excluding NO2 is 1. The summed E-state index contributed by atoms with van der Waals surface area (Å²) in [6, 6.07) is 20.6. The van der Waals surface area contributed by atoms with Gasteiger partial charge in [0.1, 0.15) is 0 Å². The maximum Gasteiger partial charge on any atom is 0.213 e. The fourth-order valence-corrected chi connectivity index (χ4v) is 3.46. The van der Waals surface area contributed by atoms with Crippen LogP contribution in [0.5, 0.6) is 0 Å². The number of hydrogen-bond donors (Lipinski definition) is 0. The van der Waals surface area contributed by atoms with Crippen LogP contribution >= 0.6 is 11.3 Å². The predicted octanol–water partition coefficient (Wildman–Crippen LogP) is 3.85. The molecule has 4 nitrogen and oxygen atoms in total. The van der Waals surface area contributed by atoms with Crippen LogP contribution in [-0.4, -0.2) is 4.57 Å². The third kappa shape index (κ3) is 2.76. The molecule has 3 rings (SSSR count). The molecule has 1 aromatic heterocycles. The first-order valence-electron chi connectivity index (χ1n) is 6.92. The van der Waals surface area contributed by atoms with E-state index in [9.17, 15) is 4.91 Å². The number of thiazole rings is 1. The number of hydrogen-bond acceptors (Lipinski definition) is 3. The molecule has 2 aromatic carbocycles. The lowest BCUT2D eigenvalue weighted by molar-refractivity contribution is 0.757. The summed E-state index contributed by atoms with van der Waals surface area (Å²) >= 11 is 1.42. The van der Waals surface area contributed by atoms with E-state index < -0.39 is 0 Å². The van der Waals surface area contributed by atoms with Crippen LogP contribution in [0.4, 0.5) is 0 Å². The van der Waals surface area contributed by atoms with Crippen molar-refractivity contribution in [1.82, 2.24) is 4.57 Å². The fourth-order valence-electron chi connectivity index (χ4n) is 2.59. The van der Waals surface area contributed by atoms with E-state index in [2.05, 4.69) is 34.7 Å². The third-order valence-corrected chi connectivity index (χ3v) is 4.57. The van der Waals surface area contributed by atoms with Crippen LogP contribution in [0.1, 0.15) is 22.7 Å². The predicted molar refractivity (Wildman–Crippen MR) is 88.5 cm³/mol. The Balaban J connectivity index is 2.19. The Morgan fingerprint density at radius 1 is 0.955 bits per heavy atom. The van der Waals surface area contributed by atoms with Crippen molar-refractivity contribution >= 4 is 11.3 Å². The monoisotopic (exact) mass is 309 g/mol. The lowest BCUT2D eigenvalue weighted by Crippen LogP contribution is -2.16. The minimum absolute atomic E-state index is 0.0965. The molecule has 5 heteroatoms. The standard InChI is InChI=1S/C17H15N3OS/c1-20-15(12-22-17(20)18-19-21)16(13-8-4-2-5-9-13)14-10-6-3-7-11-14/h2-12,16H,1H3/b18-17+. The third-order valence-electron chi connectivity index (χ3n) is 3.65. The van der Waals surface area contributed by atoms with E-state index in [0.29, 0.717) is 4.80 Å². The second kappa shape index (κ2) is 6.49. The molecule has 0 spiro atoms. The van der Waals surface area contributed by atoms with Gasteiger partial charge in [-0.1, -0.05) is 65.8 Å². The van der Waals surface area contributed by atoms with Gasteiger partial charge in [0.2, 0.25) is 4.80 Å². The number of nitrogens with zero attached hydrogens (tertiary/aromatic N) is 3. The SMILES string of the molecule is Cn1c(C(c2ccccc2)c2ccccc2)cs/c1=N/N=O. The van der Waals surface area contributed by atoms with Gasteiger partial charge in [-0.2, -0.15) is 0 Å². The smallest absolute Gasteiger partial charge is 0.213 e. The van der Waals surface area contributed by atoms with E-state index in [0.717, 1.165) is 5.69 Å². The Morgan fingerprint density at radius 3 is 2.00 bits per heavy atom. The van der Waals surface area contributed by atoms with Gasteiger partial charge in [-0.3, -0.25) is 0 Å². The van der Waals surface area contributed by atoms with E-state index >= 15 is 0 Å². The summed E-state index contributed by atoms with van der Waals surface area (Å²) in [6.45, 7) is 0. The van der Waals surface area contributed by atoms with Crippen molar-refractivity contribution in [1.29, 1.82) is 0 Å². The minimum Gasteiger partial charge on any atom is -0.321 e. The number of aromatic nitrogens is 1. The molecule has 22 heavy (non-hydrogen) atoms. The summed E-state index contributed by atoms with van der Waals surface area (Å²) in [7, 11) is 1.91. The molecule has 1 heterocycles. The molecular weight excluding hydrogens is 294 g/mol. The van der Waals surface area contributed by atoms with Crippen LogP contribution in [0.2, 0.25) is 0 Å². The molecule has 0 aliphatic carbocycles. The molecule has 0 fully saturated rings. The highest BCUT2D eigenvalue weighted by Crippen LogP contribution is 2.31. The summed E-state index contributed by atoms with van der Waals surface area (Å²) in [5, 5.41) is 8.33. The van der Waals surface area contributed by atoms with Crippen LogP contribution in [0.3, 0.4) is 0 Å². The van der Waals surface area contributed by atoms with Gasteiger partial charge in [0.05, 0.1) is 11.2 Å².